The molecule has 0 bridgehead atoms. The number of rotatable bonds is 2. The number of ketones is 1. The maximum Gasteiger partial charge on any atom is 0.191 e. The first-order valence-corrected chi connectivity index (χ1v) is 2.55. The Bertz CT molecular complexity index is 100. The number of carbonyl (C=O) groups is 1. The second kappa shape index (κ2) is 1.84. The highest BCUT2D eigenvalue weighted by Gasteiger charge is 2.33. The topological polar surface area (TPSA) is 49.8 Å². The van der Waals surface area contributed by atoms with Gasteiger partial charge in [0.15, 0.2) is 5.78 Å². The predicted octanol–water partition coefficient (Wildman–Crippen LogP) is -0.665. The molecule has 1 N–H and O–H groups in total. The van der Waals surface area contributed by atoms with Gasteiger partial charge in [-0.15, -0.1) is 0 Å². The van der Waals surface area contributed by atoms with E-state index < -0.39 is 6.10 Å². The molecule has 0 aromatic heterocycles. The van der Waals surface area contributed by atoms with E-state index in [0.717, 1.165) is 0 Å². The summed E-state index contributed by atoms with van der Waals surface area (Å²) in [6, 6.07) is 0. The third-order valence-electron chi connectivity index (χ3n) is 1.06. The molecule has 8 heavy (non-hydrogen) atoms. The molecule has 1 aliphatic heterocycles. The quantitative estimate of drug-likeness (QED) is 0.487. The molecule has 2 atom stereocenters. The number of epoxide rings is 1. The third-order valence-corrected chi connectivity index (χ3v) is 1.06. The van der Waals surface area contributed by atoms with E-state index in [9.17, 15) is 4.79 Å². The maximum absolute atomic E-state index is 10.5. The van der Waals surface area contributed by atoms with Crippen LogP contribution in [0.2, 0.25) is 0 Å². The minimum atomic E-state index is -0.859. The summed E-state index contributed by atoms with van der Waals surface area (Å²) in [5.41, 5.74) is 0. The molecule has 0 aromatic carbocycles. The predicted molar refractivity (Wildman–Crippen MR) is 26.4 cm³/mol. The summed E-state index contributed by atoms with van der Waals surface area (Å²) in [5, 5.41) is 8.60. The molecule has 1 saturated heterocycles. The van der Waals surface area contributed by atoms with Crippen molar-refractivity contribution in [1.29, 1.82) is 0 Å². The van der Waals surface area contributed by atoms with Gasteiger partial charge in [-0.05, 0) is 6.92 Å². The molecule has 1 aliphatic rings. The van der Waals surface area contributed by atoms with Crippen molar-refractivity contribution in [1.82, 2.24) is 0 Å². The molecule has 46 valence electrons. The fourth-order valence-electron chi connectivity index (χ4n) is 0.481. The van der Waals surface area contributed by atoms with E-state index in [-0.39, 0.29) is 11.9 Å². The average Bonchev–Trinajstić information content (AvgIpc) is 2.43. The van der Waals surface area contributed by atoms with Gasteiger partial charge in [0.1, 0.15) is 12.2 Å². The lowest BCUT2D eigenvalue weighted by Gasteiger charge is -1.95. The molecule has 2 unspecified atom stereocenters. The summed E-state index contributed by atoms with van der Waals surface area (Å²) in [4.78, 5) is 10.5. The number of aliphatic hydroxyl groups excluding tert-OH is 1. The van der Waals surface area contributed by atoms with E-state index in [1.165, 1.54) is 6.92 Å². The molecule has 0 radical (unpaired) electrons. The normalized spacial score (nSPS) is 29.5. The summed E-state index contributed by atoms with van der Waals surface area (Å²) < 4.78 is 4.62. The van der Waals surface area contributed by atoms with Gasteiger partial charge in [-0.25, -0.2) is 0 Å². The van der Waals surface area contributed by atoms with E-state index in [4.69, 9.17) is 5.11 Å². The van der Waals surface area contributed by atoms with Crippen LogP contribution in [0, 0.1) is 0 Å². The summed E-state index contributed by atoms with van der Waals surface area (Å²) >= 11 is 0. The Morgan fingerprint density at radius 1 is 2.00 bits per heavy atom. The zero-order valence-electron chi connectivity index (χ0n) is 4.63. The Kier molecular flexibility index (Phi) is 1.31. The van der Waals surface area contributed by atoms with Crippen LogP contribution in [0.1, 0.15) is 6.92 Å². The molecule has 0 amide bonds. The minimum absolute atomic E-state index is 0.204. The highest BCUT2D eigenvalue weighted by Crippen LogP contribution is 2.11. The van der Waals surface area contributed by atoms with Crippen molar-refractivity contribution in [3.8, 4) is 0 Å². The van der Waals surface area contributed by atoms with Crippen LogP contribution in [0.25, 0.3) is 0 Å². The van der Waals surface area contributed by atoms with Gasteiger partial charge < -0.3 is 9.84 Å². The zero-order valence-corrected chi connectivity index (χ0v) is 4.63. The molecule has 1 heterocycles. The van der Waals surface area contributed by atoms with Gasteiger partial charge in [0.25, 0.3) is 0 Å². The lowest BCUT2D eigenvalue weighted by atomic mass is 10.2. The molecule has 0 spiro atoms. The van der Waals surface area contributed by atoms with Gasteiger partial charge >= 0.3 is 0 Å². The summed E-state index contributed by atoms with van der Waals surface area (Å²) in [6.45, 7) is 1.94. The smallest absolute Gasteiger partial charge is 0.191 e. The second-order valence-electron chi connectivity index (χ2n) is 1.90. The molecule has 1 fully saturated rings. The maximum atomic E-state index is 10.5. The van der Waals surface area contributed by atoms with Crippen LogP contribution in [0.15, 0.2) is 0 Å². The monoisotopic (exact) mass is 116 g/mol. The number of carbonyl (C=O) groups excluding carboxylic acids is 1. The van der Waals surface area contributed by atoms with Crippen molar-refractivity contribution in [3.63, 3.8) is 0 Å². The number of hydrogen-bond acceptors (Lipinski definition) is 3. The Labute approximate surface area is 47.3 Å². The van der Waals surface area contributed by atoms with Gasteiger partial charge in [0, 0.05) is 0 Å². The van der Waals surface area contributed by atoms with Crippen molar-refractivity contribution in [2.24, 2.45) is 0 Å². The lowest BCUT2D eigenvalue weighted by Crippen LogP contribution is -2.21. The Balaban J connectivity index is 2.33. The third kappa shape index (κ3) is 1.05. The largest absolute Gasteiger partial charge is 0.386 e. The molecule has 1 rings (SSSR count). The van der Waals surface area contributed by atoms with Gasteiger partial charge in [-0.1, -0.05) is 0 Å². The fourth-order valence-corrected chi connectivity index (χ4v) is 0.481. The summed E-state index contributed by atoms with van der Waals surface area (Å²) in [6.07, 6.45) is -1.16. The highest BCUT2D eigenvalue weighted by molar-refractivity contribution is 5.88. The van der Waals surface area contributed by atoms with Crippen LogP contribution in [0.3, 0.4) is 0 Å². The number of ether oxygens (including phenoxy) is 1. The van der Waals surface area contributed by atoms with Gasteiger partial charge in [0.05, 0.1) is 6.61 Å². The highest BCUT2D eigenvalue weighted by atomic mass is 16.6. The van der Waals surface area contributed by atoms with Crippen LogP contribution < -0.4 is 0 Å². The van der Waals surface area contributed by atoms with Crippen LogP contribution in [-0.2, 0) is 9.53 Å². The summed E-state index contributed by atoms with van der Waals surface area (Å²) in [7, 11) is 0. The first kappa shape index (κ1) is 5.72. The van der Waals surface area contributed by atoms with Crippen LogP contribution in [0.5, 0.6) is 0 Å². The molecule has 3 heteroatoms. The van der Waals surface area contributed by atoms with Crippen molar-refractivity contribution in [2.45, 2.75) is 19.1 Å². The molecule has 0 saturated carbocycles. The average molecular weight is 116 g/mol. The van der Waals surface area contributed by atoms with E-state index in [2.05, 4.69) is 4.74 Å². The lowest BCUT2D eigenvalue weighted by molar-refractivity contribution is -0.127. The Morgan fingerprint density at radius 2 is 2.50 bits per heavy atom. The van der Waals surface area contributed by atoms with Gasteiger partial charge in [-0.2, -0.15) is 0 Å². The Morgan fingerprint density at radius 3 is 2.62 bits per heavy atom. The Hall–Kier alpha value is -0.410. The van der Waals surface area contributed by atoms with Gasteiger partial charge in [-0.3, -0.25) is 4.79 Å². The number of Topliss-reactive ketones (excluding diaryl/α,β-unsaturated/α-hetero) is 1. The number of hydrogen-bond donors (Lipinski definition) is 1. The molecule has 0 aliphatic carbocycles. The first-order chi connectivity index (χ1) is 3.72. The minimum Gasteiger partial charge on any atom is -0.386 e. The van der Waals surface area contributed by atoms with Crippen molar-refractivity contribution < 1.29 is 14.6 Å². The van der Waals surface area contributed by atoms with Crippen molar-refractivity contribution >= 4 is 5.78 Å². The standard InChI is InChI=1S/C5H8O3/c1-3(6)5(7)4-2-8-4/h3-4,6H,2H2,1H3. The zero-order chi connectivity index (χ0) is 6.15. The molecule has 3 nitrogen and oxygen atoms in total. The molecular weight excluding hydrogens is 108 g/mol. The SMILES string of the molecule is CC(O)C(=O)C1CO1. The first-order valence-electron chi connectivity index (χ1n) is 2.55. The fraction of sp³-hybridized carbons (Fsp3) is 0.800. The van der Waals surface area contributed by atoms with Crippen LogP contribution in [0.4, 0.5) is 0 Å². The summed E-state index contributed by atoms with van der Waals surface area (Å²) in [5.74, 6) is -0.204. The van der Waals surface area contributed by atoms with Crippen molar-refractivity contribution in [3.05, 3.63) is 0 Å². The van der Waals surface area contributed by atoms with E-state index in [1.54, 1.807) is 0 Å². The van der Waals surface area contributed by atoms with Crippen LogP contribution in [-0.4, -0.2) is 29.7 Å². The molecule has 0 aromatic rings. The van der Waals surface area contributed by atoms with E-state index in [0.29, 0.717) is 6.61 Å². The molecular formula is C5H8O3. The van der Waals surface area contributed by atoms with Crippen LogP contribution >= 0.6 is 0 Å². The van der Waals surface area contributed by atoms with Gasteiger partial charge in [0.2, 0.25) is 0 Å². The van der Waals surface area contributed by atoms with E-state index in [1.807, 2.05) is 0 Å². The van der Waals surface area contributed by atoms with E-state index >= 15 is 0 Å². The second-order valence-corrected chi connectivity index (χ2v) is 1.90. The number of aliphatic hydroxyl groups is 1. The van der Waals surface area contributed by atoms with Crippen molar-refractivity contribution in [2.75, 3.05) is 6.61 Å².